The van der Waals surface area contributed by atoms with Gasteiger partial charge in [-0.2, -0.15) is 5.10 Å². The fourth-order valence-corrected chi connectivity index (χ4v) is 3.19. The van der Waals surface area contributed by atoms with Crippen molar-refractivity contribution < 1.29 is 14.6 Å². The third-order valence-corrected chi connectivity index (χ3v) is 4.98. The lowest BCUT2D eigenvalue weighted by Gasteiger charge is -2.07. The van der Waals surface area contributed by atoms with Crippen LogP contribution in [0.1, 0.15) is 21.5 Å². The van der Waals surface area contributed by atoms with E-state index in [9.17, 15) is 9.90 Å². The first-order chi connectivity index (χ1) is 14.9. The number of hydrogen-bond donors (Lipinski definition) is 2. The van der Waals surface area contributed by atoms with Crippen molar-refractivity contribution in [2.24, 2.45) is 5.10 Å². The first-order valence-electron chi connectivity index (χ1n) is 9.09. The number of hydrazone groups is 1. The smallest absolute Gasteiger partial charge is 0.271 e. The van der Waals surface area contributed by atoms with E-state index in [1.165, 1.54) is 24.4 Å². The highest BCUT2D eigenvalue weighted by molar-refractivity contribution is 6.37. The zero-order valence-corrected chi connectivity index (χ0v) is 18.3. The van der Waals surface area contributed by atoms with Gasteiger partial charge < -0.3 is 9.84 Å². The van der Waals surface area contributed by atoms with E-state index in [1.54, 1.807) is 18.2 Å². The van der Waals surface area contributed by atoms with Gasteiger partial charge in [0.1, 0.15) is 12.4 Å². The van der Waals surface area contributed by atoms with Gasteiger partial charge >= 0.3 is 0 Å². The van der Waals surface area contributed by atoms with E-state index in [0.717, 1.165) is 11.1 Å². The first kappa shape index (κ1) is 22.7. The summed E-state index contributed by atoms with van der Waals surface area (Å²) in [6.07, 6.45) is 5.28. The average molecular weight is 476 g/mol. The molecule has 0 aliphatic rings. The van der Waals surface area contributed by atoms with Gasteiger partial charge in [0.15, 0.2) is 5.75 Å². The van der Waals surface area contributed by atoms with Crippen LogP contribution in [0.4, 0.5) is 0 Å². The van der Waals surface area contributed by atoms with Crippen LogP contribution in [0.5, 0.6) is 11.5 Å². The van der Waals surface area contributed by atoms with Crippen molar-refractivity contribution in [3.8, 4) is 11.5 Å². The minimum atomic E-state index is -0.434. The molecule has 0 bridgehead atoms. The maximum atomic E-state index is 12.0. The molecule has 0 saturated carbocycles. The Bertz CT molecular complexity index is 1110. The number of phenolic OH excluding ortho intramolecular Hbond substituents is 1. The van der Waals surface area contributed by atoms with Crippen molar-refractivity contribution in [2.45, 2.75) is 0 Å². The van der Waals surface area contributed by atoms with Gasteiger partial charge in [-0.05, 0) is 47.5 Å². The molecular formula is C23H17Cl3N2O3. The summed E-state index contributed by atoms with van der Waals surface area (Å²) in [5, 5.41) is 14.4. The van der Waals surface area contributed by atoms with Crippen LogP contribution in [0, 0.1) is 0 Å². The van der Waals surface area contributed by atoms with E-state index in [-0.39, 0.29) is 10.8 Å². The highest BCUT2D eigenvalue weighted by Crippen LogP contribution is 2.32. The predicted molar refractivity (Wildman–Crippen MR) is 126 cm³/mol. The molecule has 2 N–H and O–H groups in total. The number of halogens is 3. The molecule has 0 radical (unpaired) electrons. The zero-order chi connectivity index (χ0) is 22.2. The van der Waals surface area contributed by atoms with Crippen molar-refractivity contribution in [3.63, 3.8) is 0 Å². The van der Waals surface area contributed by atoms with E-state index < -0.39 is 5.91 Å². The molecule has 158 valence electrons. The van der Waals surface area contributed by atoms with Crippen LogP contribution in [-0.4, -0.2) is 23.8 Å². The van der Waals surface area contributed by atoms with Crippen molar-refractivity contribution >= 4 is 53.0 Å². The largest absolute Gasteiger partial charge is 0.506 e. The van der Waals surface area contributed by atoms with Crippen molar-refractivity contribution in [1.82, 2.24) is 5.43 Å². The summed E-state index contributed by atoms with van der Waals surface area (Å²) in [5.41, 5.74) is 4.48. The van der Waals surface area contributed by atoms with Gasteiger partial charge in [-0.15, -0.1) is 0 Å². The second-order valence-electron chi connectivity index (χ2n) is 6.30. The van der Waals surface area contributed by atoms with E-state index in [2.05, 4.69) is 10.5 Å². The molecule has 31 heavy (non-hydrogen) atoms. The minimum absolute atomic E-state index is 0.0879. The Hall–Kier alpha value is -2.99. The Morgan fingerprint density at radius 3 is 2.32 bits per heavy atom. The van der Waals surface area contributed by atoms with Gasteiger partial charge in [-0.1, -0.05) is 71.2 Å². The van der Waals surface area contributed by atoms with Crippen LogP contribution in [0.25, 0.3) is 6.08 Å². The average Bonchev–Trinajstić information content (AvgIpc) is 2.75. The Balaban J connectivity index is 1.50. The molecule has 0 spiro atoms. The van der Waals surface area contributed by atoms with Gasteiger partial charge in [0.05, 0.1) is 21.3 Å². The molecule has 3 rings (SSSR count). The summed E-state index contributed by atoms with van der Waals surface area (Å²) in [7, 11) is 0. The Kier molecular flexibility index (Phi) is 7.95. The number of rotatable bonds is 7. The van der Waals surface area contributed by atoms with E-state index in [1.807, 2.05) is 36.4 Å². The lowest BCUT2D eigenvalue weighted by atomic mass is 10.1. The highest BCUT2D eigenvalue weighted by Gasteiger charge is 2.07. The van der Waals surface area contributed by atoms with Crippen molar-refractivity contribution in [3.05, 3.63) is 98.5 Å². The molecule has 0 aliphatic carbocycles. The molecule has 0 heterocycles. The number of aromatic hydroxyl groups is 1. The summed E-state index contributed by atoms with van der Waals surface area (Å²) < 4.78 is 5.60. The maximum absolute atomic E-state index is 12.0. The lowest BCUT2D eigenvalue weighted by Crippen LogP contribution is -2.17. The quantitative estimate of drug-likeness (QED) is 0.315. The third-order valence-electron chi connectivity index (χ3n) is 4.08. The monoisotopic (exact) mass is 474 g/mol. The molecule has 5 nitrogen and oxygen atoms in total. The van der Waals surface area contributed by atoms with Crippen LogP contribution in [0.2, 0.25) is 15.1 Å². The summed E-state index contributed by atoms with van der Waals surface area (Å²) in [6.45, 7) is 0.319. The molecule has 0 fully saturated rings. The number of nitrogens with one attached hydrogen (secondary N) is 1. The molecule has 8 heteroatoms. The number of hydrogen-bond acceptors (Lipinski definition) is 4. The number of ether oxygens (including phenoxy) is 1. The topological polar surface area (TPSA) is 70.9 Å². The van der Waals surface area contributed by atoms with Crippen molar-refractivity contribution in [2.75, 3.05) is 6.61 Å². The number of amides is 1. The maximum Gasteiger partial charge on any atom is 0.271 e. The predicted octanol–water partition coefficient (Wildman–Crippen LogP) is 6.21. The second kappa shape index (κ2) is 10.9. The highest BCUT2D eigenvalue weighted by atomic mass is 35.5. The number of benzene rings is 3. The summed E-state index contributed by atoms with van der Waals surface area (Å²) >= 11 is 17.9. The number of para-hydroxylation sites is 1. The first-order valence-corrected chi connectivity index (χ1v) is 10.2. The molecule has 0 atom stereocenters. The second-order valence-corrected chi connectivity index (χ2v) is 7.52. The Morgan fingerprint density at radius 1 is 0.968 bits per heavy atom. The molecule has 0 aromatic heterocycles. The third kappa shape index (κ3) is 6.49. The molecule has 3 aromatic carbocycles. The molecular weight excluding hydrogens is 459 g/mol. The Morgan fingerprint density at radius 2 is 1.65 bits per heavy atom. The number of phenols is 1. The Labute approximate surface area is 194 Å². The van der Waals surface area contributed by atoms with E-state index in [4.69, 9.17) is 39.5 Å². The number of carbonyl (C=O) groups excluding carboxylic acids is 1. The molecule has 1 amide bonds. The lowest BCUT2D eigenvalue weighted by molar-refractivity contribution is 0.0955. The van der Waals surface area contributed by atoms with Crippen LogP contribution in [0.15, 0.2) is 71.8 Å². The van der Waals surface area contributed by atoms with Gasteiger partial charge in [0.2, 0.25) is 0 Å². The SMILES string of the molecule is O=C(N/N=C/c1ccc(/C=C/COc2c(Cl)cccc2Cl)cc1)c1ccc(O)c(Cl)c1. The summed E-state index contributed by atoms with van der Waals surface area (Å²) in [6, 6.07) is 16.9. The van der Waals surface area contributed by atoms with Crippen LogP contribution >= 0.6 is 34.8 Å². The summed E-state index contributed by atoms with van der Waals surface area (Å²) in [5.74, 6) is -0.0647. The van der Waals surface area contributed by atoms with Crippen LogP contribution < -0.4 is 10.2 Å². The normalized spacial score (nSPS) is 11.2. The molecule has 0 aliphatic heterocycles. The van der Waals surface area contributed by atoms with Crippen LogP contribution in [-0.2, 0) is 0 Å². The molecule has 0 unspecified atom stereocenters. The van der Waals surface area contributed by atoms with E-state index in [0.29, 0.717) is 28.0 Å². The van der Waals surface area contributed by atoms with Gasteiger partial charge in [0, 0.05) is 5.56 Å². The van der Waals surface area contributed by atoms with Gasteiger partial charge in [-0.3, -0.25) is 4.79 Å². The molecule has 3 aromatic rings. The van der Waals surface area contributed by atoms with Gasteiger partial charge in [0.25, 0.3) is 5.91 Å². The zero-order valence-electron chi connectivity index (χ0n) is 16.1. The fourth-order valence-electron chi connectivity index (χ4n) is 2.51. The van der Waals surface area contributed by atoms with Crippen LogP contribution in [0.3, 0.4) is 0 Å². The summed E-state index contributed by atoms with van der Waals surface area (Å²) in [4.78, 5) is 12.0. The van der Waals surface area contributed by atoms with Gasteiger partial charge in [-0.25, -0.2) is 5.43 Å². The minimum Gasteiger partial charge on any atom is -0.506 e. The number of nitrogens with zero attached hydrogens (tertiary/aromatic N) is 1. The van der Waals surface area contributed by atoms with Crippen molar-refractivity contribution in [1.29, 1.82) is 0 Å². The molecule has 0 saturated heterocycles. The fraction of sp³-hybridized carbons (Fsp3) is 0.0435. The number of carbonyl (C=O) groups is 1. The standard InChI is InChI=1S/C23H17Cl3N2O3/c24-18-4-1-5-19(25)22(18)31-12-2-3-15-6-8-16(9-7-15)14-27-28-23(30)17-10-11-21(29)20(26)13-17/h1-11,13-14,29H,12H2,(H,28,30)/b3-2+,27-14+. The van der Waals surface area contributed by atoms with E-state index >= 15 is 0 Å².